The van der Waals surface area contributed by atoms with Crippen LogP contribution in [0.1, 0.15) is 30.9 Å². The van der Waals surface area contributed by atoms with Crippen molar-refractivity contribution < 1.29 is 9.90 Å². The largest absolute Gasteiger partial charge is 0.390 e. The van der Waals surface area contributed by atoms with Crippen molar-refractivity contribution in [1.82, 2.24) is 9.80 Å². The van der Waals surface area contributed by atoms with Crippen molar-refractivity contribution in [1.29, 1.82) is 0 Å². The molecular weight excluding hydrogens is 314 g/mol. The molecule has 0 radical (unpaired) electrons. The number of hydrogen-bond acceptors (Lipinski definition) is 4. The van der Waals surface area contributed by atoms with E-state index >= 15 is 0 Å². The zero-order chi connectivity index (χ0) is 18.0. The topological polar surface area (TPSA) is 47.0 Å². The molecule has 1 amide bonds. The Balaban J connectivity index is 1.60. The SMILES string of the molecule is CC(=O)N1CCN(C2CCN(c3cccc(C)c3C)CC2)C[C@H](O)C1. The van der Waals surface area contributed by atoms with Gasteiger partial charge in [0, 0.05) is 57.9 Å². The fourth-order valence-electron chi connectivity index (χ4n) is 4.18. The van der Waals surface area contributed by atoms with E-state index in [0.717, 1.165) is 39.0 Å². The molecule has 1 N–H and O–H groups in total. The second kappa shape index (κ2) is 7.75. The van der Waals surface area contributed by atoms with Gasteiger partial charge in [-0.05, 0) is 43.9 Å². The Morgan fingerprint density at radius 2 is 1.80 bits per heavy atom. The lowest BCUT2D eigenvalue weighted by molar-refractivity contribution is -0.129. The molecule has 0 aliphatic carbocycles. The fraction of sp³-hybridized carbons (Fsp3) is 0.650. The third kappa shape index (κ3) is 4.15. The Kier molecular flexibility index (Phi) is 5.64. The maximum Gasteiger partial charge on any atom is 0.219 e. The molecular formula is C20H31N3O2. The van der Waals surface area contributed by atoms with Gasteiger partial charge in [0.15, 0.2) is 0 Å². The predicted octanol–water partition coefficient (Wildman–Crippen LogP) is 1.80. The van der Waals surface area contributed by atoms with Crippen LogP contribution in [-0.2, 0) is 4.79 Å². The first-order valence-corrected chi connectivity index (χ1v) is 9.44. The first kappa shape index (κ1) is 18.2. The number of carbonyl (C=O) groups is 1. The number of aliphatic hydroxyl groups is 1. The number of benzene rings is 1. The van der Waals surface area contributed by atoms with Gasteiger partial charge >= 0.3 is 0 Å². The van der Waals surface area contributed by atoms with Gasteiger partial charge in [0.05, 0.1) is 6.10 Å². The standard InChI is InChI=1S/C20H31N3O2/c1-15-5-4-6-20(16(15)2)21-9-7-18(8-10-21)23-12-11-22(17(3)24)13-19(25)14-23/h4-6,18-19,25H,7-14H2,1-3H3/t19-/m1/s1. The van der Waals surface area contributed by atoms with Crippen LogP contribution in [0.15, 0.2) is 18.2 Å². The summed E-state index contributed by atoms with van der Waals surface area (Å²) in [7, 11) is 0. The van der Waals surface area contributed by atoms with Gasteiger partial charge in [0.1, 0.15) is 0 Å². The summed E-state index contributed by atoms with van der Waals surface area (Å²) in [5, 5.41) is 10.3. The zero-order valence-electron chi connectivity index (χ0n) is 15.7. The van der Waals surface area contributed by atoms with Crippen LogP contribution < -0.4 is 4.90 Å². The van der Waals surface area contributed by atoms with Crippen LogP contribution >= 0.6 is 0 Å². The summed E-state index contributed by atoms with van der Waals surface area (Å²) in [5.74, 6) is 0.0608. The molecule has 2 aliphatic heterocycles. The number of hydrogen-bond donors (Lipinski definition) is 1. The molecule has 25 heavy (non-hydrogen) atoms. The minimum absolute atomic E-state index is 0.0608. The van der Waals surface area contributed by atoms with Crippen LogP contribution in [0.4, 0.5) is 5.69 Å². The molecule has 2 heterocycles. The molecule has 1 aromatic carbocycles. The Morgan fingerprint density at radius 1 is 1.08 bits per heavy atom. The number of carbonyl (C=O) groups excluding carboxylic acids is 1. The highest BCUT2D eigenvalue weighted by Crippen LogP contribution is 2.27. The van der Waals surface area contributed by atoms with Crippen LogP contribution in [-0.4, -0.2) is 72.2 Å². The van der Waals surface area contributed by atoms with E-state index in [1.807, 2.05) is 0 Å². The fourth-order valence-corrected chi connectivity index (χ4v) is 4.18. The molecule has 1 atom stereocenters. The van der Waals surface area contributed by atoms with Gasteiger partial charge in [0.25, 0.3) is 0 Å². The van der Waals surface area contributed by atoms with Crippen LogP contribution in [0.2, 0.25) is 0 Å². The lowest BCUT2D eigenvalue weighted by atomic mass is 10.00. The van der Waals surface area contributed by atoms with Gasteiger partial charge in [-0.2, -0.15) is 0 Å². The summed E-state index contributed by atoms with van der Waals surface area (Å²) in [5.41, 5.74) is 4.08. The second-order valence-electron chi connectivity index (χ2n) is 7.55. The average Bonchev–Trinajstić information content (AvgIpc) is 2.79. The molecule has 1 aromatic rings. The second-order valence-corrected chi connectivity index (χ2v) is 7.55. The van der Waals surface area contributed by atoms with Gasteiger partial charge < -0.3 is 14.9 Å². The van der Waals surface area contributed by atoms with Crippen molar-refractivity contribution in [3.63, 3.8) is 0 Å². The number of rotatable bonds is 2. The molecule has 0 aromatic heterocycles. The highest BCUT2D eigenvalue weighted by molar-refractivity contribution is 5.73. The van der Waals surface area contributed by atoms with Crippen molar-refractivity contribution in [2.45, 2.75) is 45.8 Å². The lowest BCUT2D eigenvalue weighted by Crippen LogP contribution is -2.47. The first-order valence-electron chi connectivity index (χ1n) is 9.44. The van der Waals surface area contributed by atoms with E-state index < -0.39 is 6.10 Å². The maximum atomic E-state index is 11.6. The molecule has 138 valence electrons. The molecule has 0 spiro atoms. The molecule has 3 rings (SSSR count). The van der Waals surface area contributed by atoms with Gasteiger partial charge in [-0.1, -0.05) is 12.1 Å². The number of β-amino-alcohol motifs (C(OH)–C–C–N with tert-alkyl or cyclic N) is 1. The van der Waals surface area contributed by atoms with Gasteiger partial charge in [0.2, 0.25) is 5.91 Å². The molecule has 0 bridgehead atoms. The third-order valence-electron chi connectivity index (χ3n) is 5.88. The van der Waals surface area contributed by atoms with E-state index in [-0.39, 0.29) is 5.91 Å². The molecule has 5 heteroatoms. The van der Waals surface area contributed by atoms with Crippen LogP contribution in [0.3, 0.4) is 0 Å². The highest BCUT2D eigenvalue weighted by Gasteiger charge is 2.30. The molecule has 0 unspecified atom stereocenters. The summed E-state index contributed by atoms with van der Waals surface area (Å²) >= 11 is 0. The van der Waals surface area contributed by atoms with E-state index in [4.69, 9.17) is 0 Å². The minimum Gasteiger partial charge on any atom is -0.390 e. The van der Waals surface area contributed by atoms with E-state index in [0.29, 0.717) is 19.1 Å². The molecule has 2 fully saturated rings. The van der Waals surface area contributed by atoms with Crippen molar-refractivity contribution in [3.8, 4) is 0 Å². The number of aliphatic hydroxyl groups excluding tert-OH is 1. The quantitative estimate of drug-likeness (QED) is 0.888. The van der Waals surface area contributed by atoms with Crippen molar-refractivity contribution in [2.24, 2.45) is 0 Å². The maximum absolute atomic E-state index is 11.6. The molecule has 5 nitrogen and oxygen atoms in total. The number of anilines is 1. The molecule has 2 aliphatic rings. The summed E-state index contributed by atoms with van der Waals surface area (Å²) < 4.78 is 0. The monoisotopic (exact) mass is 345 g/mol. The summed E-state index contributed by atoms with van der Waals surface area (Å²) in [6.07, 6.45) is 1.78. The number of piperidine rings is 1. The molecule has 0 saturated carbocycles. The molecule has 2 saturated heterocycles. The highest BCUT2D eigenvalue weighted by atomic mass is 16.3. The Hall–Kier alpha value is -1.59. The zero-order valence-corrected chi connectivity index (χ0v) is 15.7. The van der Waals surface area contributed by atoms with E-state index in [9.17, 15) is 9.90 Å². The average molecular weight is 345 g/mol. The van der Waals surface area contributed by atoms with E-state index in [1.54, 1.807) is 11.8 Å². The van der Waals surface area contributed by atoms with Crippen LogP contribution in [0, 0.1) is 13.8 Å². The van der Waals surface area contributed by atoms with Crippen LogP contribution in [0.25, 0.3) is 0 Å². The minimum atomic E-state index is -0.441. The third-order valence-corrected chi connectivity index (χ3v) is 5.88. The van der Waals surface area contributed by atoms with Gasteiger partial charge in [-0.15, -0.1) is 0 Å². The van der Waals surface area contributed by atoms with Crippen molar-refractivity contribution in [2.75, 3.05) is 44.2 Å². The van der Waals surface area contributed by atoms with Gasteiger partial charge in [-0.25, -0.2) is 0 Å². The first-order chi connectivity index (χ1) is 12.0. The van der Waals surface area contributed by atoms with E-state index in [2.05, 4.69) is 41.8 Å². The smallest absolute Gasteiger partial charge is 0.219 e. The Labute approximate surface area is 151 Å². The number of aryl methyl sites for hydroxylation is 1. The number of nitrogens with zero attached hydrogens (tertiary/aromatic N) is 3. The lowest BCUT2D eigenvalue weighted by Gasteiger charge is -2.40. The van der Waals surface area contributed by atoms with Crippen LogP contribution in [0.5, 0.6) is 0 Å². The van der Waals surface area contributed by atoms with Gasteiger partial charge in [-0.3, -0.25) is 9.69 Å². The predicted molar refractivity (Wildman–Crippen MR) is 101 cm³/mol. The Bertz CT molecular complexity index is 611. The van der Waals surface area contributed by atoms with Crippen molar-refractivity contribution in [3.05, 3.63) is 29.3 Å². The van der Waals surface area contributed by atoms with E-state index in [1.165, 1.54) is 16.8 Å². The summed E-state index contributed by atoms with van der Waals surface area (Å²) in [6, 6.07) is 7.04. The Morgan fingerprint density at radius 3 is 2.48 bits per heavy atom. The summed E-state index contributed by atoms with van der Waals surface area (Å²) in [4.78, 5) is 18.3. The normalized spacial score (nSPS) is 23.6. The van der Waals surface area contributed by atoms with Crippen molar-refractivity contribution >= 4 is 11.6 Å². The number of amides is 1. The summed E-state index contributed by atoms with van der Waals surface area (Å²) in [6.45, 7) is 10.8.